The van der Waals surface area contributed by atoms with Crippen LogP contribution in [0.4, 0.5) is 4.39 Å². The molecule has 0 aliphatic rings. The third-order valence-corrected chi connectivity index (χ3v) is 3.40. The fourth-order valence-electron chi connectivity index (χ4n) is 2.21. The van der Waals surface area contributed by atoms with Gasteiger partial charge < -0.3 is 15.4 Å². The minimum absolute atomic E-state index is 0.280. The van der Waals surface area contributed by atoms with Gasteiger partial charge in [0, 0.05) is 39.1 Å². The summed E-state index contributed by atoms with van der Waals surface area (Å²) >= 11 is 0. The second-order valence-electron chi connectivity index (χ2n) is 5.17. The third kappa shape index (κ3) is 5.57. The molecule has 6 nitrogen and oxygen atoms in total. The van der Waals surface area contributed by atoms with Crippen molar-refractivity contribution in [3.8, 4) is 5.75 Å². The summed E-state index contributed by atoms with van der Waals surface area (Å²) in [7, 11) is 1.71. The molecule has 7 heteroatoms. The number of aliphatic imine (C=N–C) groups is 1. The van der Waals surface area contributed by atoms with Gasteiger partial charge >= 0.3 is 0 Å². The molecule has 0 amide bonds. The lowest BCUT2D eigenvalue weighted by molar-refractivity contribution is 0.321. The topological polar surface area (TPSA) is 63.5 Å². The fraction of sp³-hybridized carbons (Fsp3) is 0.412. The van der Waals surface area contributed by atoms with Gasteiger partial charge in [-0.15, -0.1) is 0 Å². The molecule has 0 spiro atoms. The Hall–Kier alpha value is -2.57. The summed E-state index contributed by atoms with van der Waals surface area (Å²) in [5.74, 6) is 0.616. The Bertz CT molecular complexity index is 642. The molecule has 0 fully saturated rings. The summed E-state index contributed by atoms with van der Waals surface area (Å²) in [6, 6.07) is 6.87. The van der Waals surface area contributed by atoms with Gasteiger partial charge in [-0.05, 0) is 37.1 Å². The van der Waals surface area contributed by atoms with Crippen molar-refractivity contribution in [1.29, 1.82) is 0 Å². The zero-order valence-corrected chi connectivity index (χ0v) is 14.1. The molecule has 2 N–H and O–H groups in total. The van der Waals surface area contributed by atoms with Crippen LogP contribution < -0.4 is 15.4 Å². The molecular weight excluding hydrogens is 309 g/mol. The number of nitrogens with zero attached hydrogens (tertiary/aromatic N) is 3. The zero-order chi connectivity index (χ0) is 17.2. The summed E-state index contributed by atoms with van der Waals surface area (Å²) in [6.07, 6.45) is 4.64. The summed E-state index contributed by atoms with van der Waals surface area (Å²) in [5.41, 5.74) is 0.829. The van der Waals surface area contributed by atoms with Crippen LogP contribution in [0, 0.1) is 5.82 Å². The van der Waals surface area contributed by atoms with E-state index in [1.807, 2.05) is 29.9 Å². The largest absolute Gasteiger partial charge is 0.491 e. The van der Waals surface area contributed by atoms with Gasteiger partial charge in [-0.2, -0.15) is 5.10 Å². The Morgan fingerprint density at radius 3 is 2.92 bits per heavy atom. The lowest BCUT2D eigenvalue weighted by atomic mass is 10.2. The molecule has 0 atom stereocenters. The lowest BCUT2D eigenvalue weighted by Gasteiger charge is -2.12. The van der Waals surface area contributed by atoms with Gasteiger partial charge in [0.25, 0.3) is 0 Å². The molecule has 0 saturated heterocycles. The van der Waals surface area contributed by atoms with E-state index in [2.05, 4.69) is 20.7 Å². The molecule has 1 aromatic heterocycles. The molecule has 0 saturated carbocycles. The molecule has 0 bridgehead atoms. The van der Waals surface area contributed by atoms with Crippen molar-refractivity contribution < 1.29 is 9.13 Å². The summed E-state index contributed by atoms with van der Waals surface area (Å²) in [4.78, 5) is 4.16. The lowest BCUT2D eigenvalue weighted by Crippen LogP contribution is -2.37. The standard InChI is InChI=1S/C17H24FN5O/c1-3-24-16-7-6-14(12-15(16)18)13-21-17(19-2)20-8-4-10-23-11-5-9-22-23/h5-7,9,11-12H,3-4,8,10,13H2,1-2H3,(H2,19,20,21). The molecule has 0 aliphatic heterocycles. The maximum atomic E-state index is 13.8. The molecule has 1 aromatic carbocycles. The third-order valence-electron chi connectivity index (χ3n) is 3.40. The first-order valence-electron chi connectivity index (χ1n) is 8.06. The SMILES string of the molecule is CCOc1ccc(CNC(=NC)NCCCn2cccn2)cc1F. The van der Waals surface area contributed by atoms with Crippen LogP contribution in [0.3, 0.4) is 0 Å². The first-order chi connectivity index (χ1) is 11.7. The number of guanidine groups is 1. The molecular formula is C17H24FN5O. The first-order valence-corrected chi connectivity index (χ1v) is 8.06. The number of rotatable bonds is 8. The Balaban J connectivity index is 1.73. The summed E-state index contributed by atoms with van der Waals surface area (Å²) in [5, 5.41) is 10.5. The predicted molar refractivity (Wildman–Crippen MR) is 92.6 cm³/mol. The van der Waals surface area contributed by atoms with Gasteiger partial charge in [0.05, 0.1) is 6.61 Å². The van der Waals surface area contributed by atoms with Crippen LogP contribution >= 0.6 is 0 Å². The molecule has 2 rings (SSSR count). The highest BCUT2D eigenvalue weighted by Gasteiger charge is 2.05. The highest BCUT2D eigenvalue weighted by molar-refractivity contribution is 5.79. The molecule has 130 valence electrons. The number of halogens is 1. The van der Waals surface area contributed by atoms with E-state index in [9.17, 15) is 4.39 Å². The second kappa shape index (κ2) is 9.54. The number of hydrogen-bond donors (Lipinski definition) is 2. The van der Waals surface area contributed by atoms with E-state index in [4.69, 9.17) is 4.74 Å². The van der Waals surface area contributed by atoms with Gasteiger partial charge in [-0.25, -0.2) is 4.39 Å². The predicted octanol–water partition coefficient (Wildman–Crippen LogP) is 2.18. The Morgan fingerprint density at radius 1 is 1.38 bits per heavy atom. The van der Waals surface area contributed by atoms with E-state index in [0.717, 1.165) is 25.1 Å². The summed E-state index contributed by atoms with van der Waals surface area (Å²) < 4.78 is 20.9. The number of aryl methyl sites for hydroxylation is 1. The number of benzene rings is 1. The van der Waals surface area contributed by atoms with Gasteiger partial charge in [0.2, 0.25) is 0 Å². The molecule has 0 unspecified atom stereocenters. The van der Waals surface area contributed by atoms with Crippen molar-refractivity contribution in [2.24, 2.45) is 4.99 Å². The van der Waals surface area contributed by atoms with E-state index in [-0.39, 0.29) is 11.6 Å². The van der Waals surface area contributed by atoms with Crippen LogP contribution in [-0.4, -0.2) is 35.9 Å². The molecule has 0 radical (unpaired) electrons. The Kier molecular flexibility index (Phi) is 7.07. The van der Waals surface area contributed by atoms with Crippen LogP contribution in [-0.2, 0) is 13.1 Å². The number of ether oxygens (including phenoxy) is 1. The quantitative estimate of drug-likeness (QED) is 0.441. The van der Waals surface area contributed by atoms with Crippen LogP contribution in [0.1, 0.15) is 18.9 Å². The van der Waals surface area contributed by atoms with Gasteiger partial charge in [0.1, 0.15) is 0 Å². The van der Waals surface area contributed by atoms with E-state index < -0.39 is 0 Å². The van der Waals surface area contributed by atoms with Crippen LogP contribution in [0.15, 0.2) is 41.7 Å². The molecule has 2 aromatic rings. The molecule has 1 heterocycles. The zero-order valence-electron chi connectivity index (χ0n) is 14.1. The minimum atomic E-state index is -0.349. The van der Waals surface area contributed by atoms with E-state index >= 15 is 0 Å². The van der Waals surface area contributed by atoms with E-state index in [1.54, 1.807) is 19.3 Å². The van der Waals surface area contributed by atoms with Crippen molar-refractivity contribution in [3.05, 3.63) is 48.0 Å². The van der Waals surface area contributed by atoms with Gasteiger partial charge in [-0.3, -0.25) is 9.67 Å². The van der Waals surface area contributed by atoms with Crippen molar-refractivity contribution in [3.63, 3.8) is 0 Å². The van der Waals surface area contributed by atoms with Crippen molar-refractivity contribution in [1.82, 2.24) is 20.4 Å². The molecule has 0 aliphatic carbocycles. The van der Waals surface area contributed by atoms with Crippen LogP contribution in [0.25, 0.3) is 0 Å². The van der Waals surface area contributed by atoms with Crippen molar-refractivity contribution in [2.45, 2.75) is 26.4 Å². The van der Waals surface area contributed by atoms with E-state index in [0.29, 0.717) is 19.1 Å². The minimum Gasteiger partial charge on any atom is -0.491 e. The monoisotopic (exact) mass is 333 g/mol. The highest BCUT2D eigenvalue weighted by Crippen LogP contribution is 2.18. The normalized spacial score (nSPS) is 11.4. The van der Waals surface area contributed by atoms with Crippen molar-refractivity contribution in [2.75, 3.05) is 20.2 Å². The highest BCUT2D eigenvalue weighted by atomic mass is 19.1. The number of aromatic nitrogens is 2. The van der Waals surface area contributed by atoms with Crippen LogP contribution in [0.2, 0.25) is 0 Å². The average Bonchev–Trinajstić information content (AvgIpc) is 3.10. The number of nitrogens with one attached hydrogen (secondary N) is 2. The first kappa shape index (κ1) is 17.8. The Labute approximate surface area is 141 Å². The fourth-order valence-corrected chi connectivity index (χ4v) is 2.21. The van der Waals surface area contributed by atoms with Crippen molar-refractivity contribution >= 4 is 5.96 Å². The van der Waals surface area contributed by atoms with Gasteiger partial charge in [-0.1, -0.05) is 6.07 Å². The van der Waals surface area contributed by atoms with E-state index in [1.165, 1.54) is 6.07 Å². The smallest absolute Gasteiger partial charge is 0.191 e. The Morgan fingerprint density at radius 2 is 2.25 bits per heavy atom. The van der Waals surface area contributed by atoms with Crippen LogP contribution in [0.5, 0.6) is 5.75 Å². The molecule has 24 heavy (non-hydrogen) atoms. The maximum absolute atomic E-state index is 13.8. The maximum Gasteiger partial charge on any atom is 0.191 e. The average molecular weight is 333 g/mol. The van der Waals surface area contributed by atoms with Gasteiger partial charge in [0.15, 0.2) is 17.5 Å². The number of hydrogen-bond acceptors (Lipinski definition) is 3. The summed E-state index contributed by atoms with van der Waals surface area (Å²) in [6.45, 7) is 4.39. The second-order valence-corrected chi connectivity index (χ2v) is 5.17.